The number of tetrazole rings is 2. The van der Waals surface area contributed by atoms with Crippen LogP contribution in [0.15, 0.2) is 36.9 Å². The van der Waals surface area contributed by atoms with Crippen LogP contribution in [0, 0.1) is 13.8 Å². The summed E-state index contributed by atoms with van der Waals surface area (Å²) in [7, 11) is 0. The topological polar surface area (TPSA) is 116 Å². The van der Waals surface area contributed by atoms with Crippen molar-refractivity contribution in [2.45, 2.75) is 13.8 Å². The van der Waals surface area contributed by atoms with Crippen molar-refractivity contribution < 1.29 is 4.79 Å². The van der Waals surface area contributed by atoms with Gasteiger partial charge in [0.2, 0.25) is 0 Å². The third-order valence-electron chi connectivity index (χ3n) is 3.89. The third kappa shape index (κ3) is 2.84. The number of benzene rings is 1. The van der Waals surface area contributed by atoms with Gasteiger partial charge in [0.25, 0.3) is 5.91 Å². The van der Waals surface area contributed by atoms with Gasteiger partial charge < -0.3 is 5.32 Å². The van der Waals surface area contributed by atoms with Crippen LogP contribution in [0.25, 0.3) is 10.7 Å². The van der Waals surface area contributed by atoms with Gasteiger partial charge in [-0.25, -0.2) is 4.68 Å². The molecular weight excluding hydrogens is 354 g/mol. The molecule has 1 aromatic carbocycles. The van der Waals surface area contributed by atoms with Crippen LogP contribution in [0.2, 0.25) is 0 Å². The van der Waals surface area contributed by atoms with Crippen LogP contribution in [0.3, 0.4) is 0 Å². The van der Waals surface area contributed by atoms with Gasteiger partial charge in [-0.1, -0.05) is 0 Å². The number of thiophene rings is 1. The highest BCUT2D eigenvalue weighted by molar-refractivity contribution is 7.15. The van der Waals surface area contributed by atoms with Crippen molar-refractivity contribution >= 4 is 22.9 Å². The maximum absolute atomic E-state index is 12.9. The van der Waals surface area contributed by atoms with E-state index in [1.165, 1.54) is 33.4 Å². The van der Waals surface area contributed by atoms with Crippen molar-refractivity contribution in [2.75, 3.05) is 5.32 Å². The van der Waals surface area contributed by atoms with Gasteiger partial charge in [0.1, 0.15) is 17.7 Å². The maximum Gasteiger partial charge on any atom is 0.259 e. The zero-order valence-electron chi connectivity index (χ0n) is 13.9. The summed E-state index contributed by atoms with van der Waals surface area (Å²) in [5, 5.41) is 25.8. The van der Waals surface area contributed by atoms with E-state index in [1.807, 2.05) is 26.0 Å². The fraction of sp³-hybridized carbons (Fsp3) is 0.133. The summed E-state index contributed by atoms with van der Waals surface area (Å²) in [5.74, 6) is -0.215. The SMILES string of the molecule is Cc1sc(-n2cnnn2)c(C(=O)Nc2ccc(-n3cnnn3)cc2)c1C. The molecule has 0 spiro atoms. The van der Waals surface area contributed by atoms with E-state index in [1.54, 1.807) is 12.1 Å². The van der Waals surface area contributed by atoms with E-state index < -0.39 is 0 Å². The Hall–Kier alpha value is -3.47. The number of amides is 1. The molecule has 0 fully saturated rings. The van der Waals surface area contributed by atoms with Gasteiger partial charge in [-0.2, -0.15) is 4.68 Å². The lowest BCUT2D eigenvalue weighted by Gasteiger charge is -2.08. The van der Waals surface area contributed by atoms with E-state index >= 15 is 0 Å². The number of rotatable bonds is 4. The van der Waals surface area contributed by atoms with Gasteiger partial charge >= 0.3 is 0 Å². The first kappa shape index (κ1) is 16.0. The average Bonchev–Trinajstić information content (AvgIpc) is 3.38. The molecule has 1 amide bonds. The number of nitrogens with one attached hydrogen (secondary N) is 1. The van der Waals surface area contributed by atoms with Crippen molar-refractivity contribution in [1.29, 1.82) is 0 Å². The van der Waals surface area contributed by atoms with Crippen LogP contribution >= 0.6 is 11.3 Å². The maximum atomic E-state index is 12.9. The van der Waals surface area contributed by atoms with E-state index in [9.17, 15) is 4.79 Å². The molecule has 11 heteroatoms. The molecule has 0 saturated carbocycles. The van der Waals surface area contributed by atoms with E-state index in [-0.39, 0.29) is 5.91 Å². The Bertz CT molecular complexity index is 1040. The number of hydrogen-bond donors (Lipinski definition) is 1. The van der Waals surface area contributed by atoms with Gasteiger partial charge in [0.15, 0.2) is 0 Å². The van der Waals surface area contributed by atoms with E-state index in [2.05, 4.69) is 36.4 Å². The van der Waals surface area contributed by atoms with E-state index in [0.717, 1.165) is 16.1 Å². The van der Waals surface area contributed by atoms with Gasteiger partial charge in [0, 0.05) is 10.6 Å². The Morgan fingerprint density at radius 3 is 2.27 bits per heavy atom. The molecule has 3 aromatic heterocycles. The van der Waals surface area contributed by atoms with Crippen molar-refractivity contribution in [3.05, 3.63) is 52.9 Å². The van der Waals surface area contributed by atoms with Crippen LogP contribution in [-0.2, 0) is 0 Å². The number of aryl methyl sites for hydroxylation is 1. The fourth-order valence-corrected chi connectivity index (χ4v) is 3.53. The highest BCUT2D eigenvalue weighted by Crippen LogP contribution is 2.30. The molecule has 0 aliphatic carbocycles. The molecular formula is C15H13N9OS. The van der Waals surface area contributed by atoms with Crippen molar-refractivity contribution in [2.24, 2.45) is 0 Å². The summed E-state index contributed by atoms with van der Waals surface area (Å²) in [6.07, 6.45) is 2.98. The molecule has 10 nitrogen and oxygen atoms in total. The highest BCUT2D eigenvalue weighted by atomic mass is 32.1. The summed E-state index contributed by atoms with van der Waals surface area (Å²) in [4.78, 5) is 13.9. The summed E-state index contributed by atoms with van der Waals surface area (Å²) < 4.78 is 3.04. The lowest BCUT2D eigenvalue weighted by molar-refractivity contribution is 0.102. The summed E-state index contributed by atoms with van der Waals surface area (Å²) in [6.45, 7) is 3.88. The number of nitrogens with zero attached hydrogens (tertiary/aromatic N) is 8. The molecule has 0 bridgehead atoms. The number of aromatic nitrogens is 8. The first-order valence-electron chi connectivity index (χ1n) is 7.61. The second-order valence-corrected chi connectivity index (χ2v) is 6.68. The van der Waals surface area contributed by atoms with Crippen LogP contribution < -0.4 is 5.32 Å². The molecule has 3 heterocycles. The first-order chi connectivity index (χ1) is 12.6. The highest BCUT2D eigenvalue weighted by Gasteiger charge is 2.21. The molecule has 0 atom stereocenters. The molecule has 0 unspecified atom stereocenters. The molecule has 0 saturated heterocycles. The second kappa shape index (κ2) is 6.44. The minimum atomic E-state index is -0.215. The molecule has 0 radical (unpaired) electrons. The standard InChI is InChI=1S/C15H13N9OS/c1-9-10(2)26-15(24-8-17-20-22-24)13(9)14(25)18-11-3-5-12(6-4-11)23-7-16-19-21-23/h3-8H,1-2H3,(H,18,25). The number of anilines is 1. The van der Waals surface area contributed by atoms with Crippen LogP contribution in [0.4, 0.5) is 5.69 Å². The average molecular weight is 367 g/mol. The normalized spacial score (nSPS) is 10.8. The van der Waals surface area contributed by atoms with E-state index in [4.69, 9.17) is 0 Å². The van der Waals surface area contributed by atoms with Crippen LogP contribution in [-0.4, -0.2) is 46.3 Å². The Morgan fingerprint density at radius 2 is 1.65 bits per heavy atom. The zero-order chi connectivity index (χ0) is 18.1. The Labute approximate surface area is 151 Å². The van der Waals surface area contributed by atoms with Crippen molar-refractivity contribution in [1.82, 2.24) is 40.4 Å². The molecule has 1 N–H and O–H groups in total. The Balaban J connectivity index is 1.61. The molecule has 4 rings (SSSR count). The molecule has 4 aromatic rings. The third-order valence-corrected chi connectivity index (χ3v) is 5.09. The summed E-state index contributed by atoms with van der Waals surface area (Å²) in [5.41, 5.74) is 2.93. The van der Waals surface area contributed by atoms with Crippen LogP contribution in [0.1, 0.15) is 20.8 Å². The van der Waals surface area contributed by atoms with Gasteiger partial charge in [0.05, 0.1) is 11.3 Å². The minimum Gasteiger partial charge on any atom is -0.322 e. The predicted molar refractivity (Wildman–Crippen MR) is 93.6 cm³/mol. The quantitative estimate of drug-likeness (QED) is 0.582. The van der Waals surface area contributed by atoms with Crippen LogP contribution in [0.5, 0.6) is 0 Å². The molecule has 0 aliphatic rings. The smallest absolute Gasteiger partial charge is 0.259 e. The molecule has 26 heavy (non-hydrogen) atoms. The summed E-state index contributed by atoms with van der Waals surface area (Å²) in [6, 6.07) is 7.22. The van der Waals surface area contributed by atoms with Gasteiger partial charge in [-0.05, 0) is 64.5 Å². The predicted octanol–water partition coefficient (Wildman–Crippen LogP) is 1.57. The largest absolute Gasteiger partial charge is 0.322 e. The lowest BCUT2D eigenvalue weighted by atomic mass is 10.1. The van der Waals surface area contributed by atoms with E-state index in [0.29, 0.717) is 16.3 Å². The zero-order valence-corrected chi connectivity index (χ0v) is 14.7. The monoisotopic (exact) mass is 367 g/mol. The molecule has 0 aliphatic heterocycles. The Kier molecular flexibility index (Phi) is 3.97. The number of hydrogen-bond acceptors (Lipinski definition) is 8. The number of carbonyl (C=O) groups is 1. The lowest BCUT2D eigenvalue weighted by Crippen LogP contribution is -2.15. The summed E-state index contributed by atoms with van der Waals surface area (Å²) >= 11 is 1.47. The van der Waals surface area contributed by atoms with Gasteiger partial charge in [-0.3, -0.25) is 4.79 Å². The van der Waals surface area contributed by atoms with Crippen molar-refractivity contribution in [3.8, 4) is 10.7 Å². The van der Waals surface area contributed by atoms with Gasteiger partial charge in [-0.15, -0.1) is 21.5 Å². The minimum absolute atomic E-state index is 0.215. The fourth-order valence-electron chi connectivity index (χ4n) is 2.46. The number of carbonyl (C=O) groups excluding carboxylic acids is 1. The van der Waals surface area contributed by atoms with Crippen molar-refractivity contribution in [3.63, 3.8) is 0 Å². The Morgan fingerprint density at radius 1 is 1.00 bits per heavy atom. The second-order valence-electron chi connectivity index (χ2n) is 5.47. The molecule has 130 valence electrons. The first-order valence-corrected chi connectivity index (χ1v) is 8.43.